The predicted octanol–water partition coefficient (Wildman–Crippen LogP) is 7.29. The Bertz CT molecular complexity index is 1920. The molecule has 2 aromatic carbocycles. The molecule has 3 amide bonds. The highest BCUT2D eigenvalue weighted by Crippen LogP contribution is 2.39. The van der Waals surface area contributed by atoms with Crippen LogP contribution in [0.1, 0.15) is 94.7 Å². The van der Waals surface area contributed by atoms with Crippen molar-refractivity contribution in [2.75, 3.05) is 15.5 Å². The summed E-state index contributed by atoms with van der Waals surface area (Å²) in [4.78, 5) is 52.6. The van der Waals surface area contributed by atoms with E-state index >= 15 is 0 Å². The van der Waals surface area contributed by atoms with Crippen LogP contribution >= 0.6 is 0 Å². The molecule has 1 saturated carbocycles. The molecule has 2 aromatic heterocycles. The van der Waals surface area contributed by atoms with Gasteiger partial charge in [0.05, 0.1) is 11.7 Å². The summed E-state index contributed by atoms with van der Waals surface area (Å²) in [6.45, 7) is 8.39. The number of nitrogens with zero attached hydrogens (tertiary/aromatic N) is 3. The minimum absolute atomic E-state index is 0.0284. The first-order valence-corrected chi connectivity index (χ1v) is 18.6. The van der Waals surface area contributed by atoms with Gasteiger partial charge < -0.3 is 29.9 Å². The third-order valence-corrected chi connectivity index (χ3v) is 10.4. The molecule has 3 N–H and O–H groups in total. The number of para-hydroxylation sites is 1. The second-order valence-electron chi connectivity index (χ2n) is 14.3. The van der Waals surface area contributed by atoms with Crippen LogP contribution in [-0.2, 0) is 20.9 Å². The molecular weight excluding hydrogens is 656 g/mol. The molecule has 0 bridgehead atoms. The molecule has 1 aliphatic heterocycles. The van der Waals surface area contributed by atoms with Gasteiger partial charge in [-0.25, -0.2) is 0 Å². The Morgan fingerprint density at radius 1 is 0.904 bits per heavy atom. The van der Waals surface area contributed by atoms with Crippen LogP contribution in [0.25, 0.3) is 11.1 Å². The highest BCUT2D eigenvalue weighted by Gasteiger charge is 2.33. The van der Waals surface area contributed by atoms with E-state index in [-0.39, 0.29) is 47.8 Å². The third-order valence-electron chi connectivity index (χ3n) is 10.4. The summed E-state index contributed by atoms with van der Waals surface area (Å²) >= 11 is 0. The molecule has 0 unspecified atom stereocenters. The number of rotatable bonds is 12. The number of carbonyl (C=O) groups is 3. The average molecular weight is 707 g/mol. The number of aryl methyl sites for hydroxylation is 2. The standard InChI is InChI=1S/C41H50N6O5/c1-5-39(50)47-26(2)23-35(34-9-6-7-10-36(34)47)42-31-18-20-33(21-19-31)44-38(49)12-8-11-37(48)43-32-16-13-29(14-17-32)24-46-25-30(15-22-40(46)51)41-27(3)45-52-28(41)4/h6-7,9-10,15,18-22,25-26,29,32,35,42H,5,8,11-14,16-17,23-24H2,1-4H3,(H,43,48)(H,44,49)/t26-,29?,32?,35+/m0/s1. The first kappa shape index (κ1) is 36.6. The fraction of sp³-hybridized carbons (Fsp3) is 0.439. The maximum absolute atomic E-state index is 12.7. The molecule has 3 heterocycles. The van der Waals surface area contributed by atoms with Crippen molar-refractivity contribution in [3.05, 3.63) is 94.2 Å². The van der Waals surface area contributed by atoms with Crippen molar-refractivity contribution in [2.24, 2.45) is 5.92 Å². The van der Waals surface area contributed by atoms with E-state index in [4.69, 9.17) is 4.52 Å². The van der Waals surface area contributed by atoms with E-state index in [1.54, 1.807) is 10.6 Å². The lowest BCUT2D eigenvalue weighted by Gasteiger charge is -2.40. The number of hydrogen-bond donors (Lipinski definition) is 3. The van der Waals surface area contributed by atoms with Crippen molar-refractivity contribution in [1.29, 1.82) is 0 Å². The van der Waals surface area contributed by atoms with Gasteiger partial charge in [0, 0.05) is 78.3 Å². The molecule has 11 heteroatoms. The summed E-state index contributed by atoms with van der Waals surface area (Å²) < 4.78 is 7.10. The third kappa shape index (κ3) is 8.63. The van der Waals surface area contributed by atoms with Gasteiger partial charge >= 0.3 is 0 Å². The Morgan fingerprint density at radius 2 is 1.62 bits per heavy atom. The smallest absolute Gasteiger partial charge is 0.250 e. The summed E-state index contributed by atoms with van der Waals surface area (Å²) in [5, 5.41) is 13.8. The Morgan fingerprint density at radius 3 is 2.33 bits per heavy atom. The van der Waals surface area contributed by atoms with Gasteiger partial charge in [-0.15, -0.1) is 0 Å². The normalized spacial score (nSPS) is 19.8. The fourth-order valence-electron chi connectivity index (χ4n) is 7.77. The van der Waals surface area contributed by atoms with Gasteiger partial charge in [0.2, 0.25) is 17.7 Å². The molecular formula is C41H50N6O5. The monoisotopic (exact) mass is 706 g/mol. The molecule has 11 nitrogen and oxygen atoms in total. The quantitative estimate of drug-likeness (QED) is 0.141. The Kier molecular flexibility index (Phi) is 11.6. The predicted molar refractivity (Wildman–Crippen MR) is 203 cm³/mol. The van der Waals surface area contributed by atoms with Gasteiger partial charge in [-0.3, -0.25) is 19.2 Å². The van der Waals surface area contributed by atoms with Crippen molar-refractivity contribution >= 4 is 34.8 Å². The summed E-state index contributed by atoms with van der Waals surface area (Å²) in [5.74, 6) is 1.06. The molecule has 0 saturated heterocycles. The molecule has 4 aromatic rings. The summed E-state index contributed by atoms with van der Waals surface area (Å²) in [6.07, 6.45) is 7.75. The number of aromatic nitrogens is 2. The van der Waals surface area contributed by atoms with Crippen LogP contribution < -0.4 is 26.4 Å². The number of carbonyl (C=O) groups excluding carboxylic acids is 3. The van der Waals surface area contributed by atoms with Gasteiger partial charge in [0.1, 0.15) is 5.76 Å². The van der Waals surface area contributed by atoms with Crippen molar-refractivity contribution < 1.29 is 18.9 Å². The highest BCUT2D eigenvalue weighted by atomic mass is 16.5. The molecule has 52 heavy (non-hydrogen) atoms. The Hall–Kier alpha value is -5.19. The van der Waals surface area contributed by atoms with Crippen LogP contribution in [0, 0.1) is 19.8 Å². The molecule has 1 aliphatic carbocycles. The largest absolute Gasteiger partial charge is 0.378 e. The molecule has 274 valence electrons. The molecule has 1 fully saturated rings. The van der Waals surface area contributed by atoms with Crippen LogP contribution in [-0.4, -0.2) is 39.5 Å². The van der Waals surface area contributed by atoms with Gasteiger partial charge in [0.25, 0.3) is 5.56 Å². The van der Waals surface area contributed by atoms with E-state index in [0.29, 0.717) is 37.4 Å². The van der Waals surface area contributed by atoms with E-state index < -0.39 is 0 Å². The van der Waals surface area contributed by atoms with Crippen molar-refractivity contribution in [2.45, 2.75) is 110 Å². The fourth-order valence-corrected chi connectivity index (χ4v) is 7.77. The maximum atomic E-state index is 12.7. The van der Waals surface area contributed by atoms with Crippen LogP contribution in [0.15, 0.2) is 76.2 Å². The van der Waals surface area contributed by atoms with Gasteiger partial charge in [-0.05, 0) is 107 Å². The summed E-state index contributed by atoms with van der Waals surface area (Å²) in [5.41, 5.74) is 6.31. The second-order valence-corrected chi connectivity index (χ2v) is 14.3. The topological polar surface area (TPSA) is 139 Å². The average Bonchev–Trinajstić information content (AvgIpc) is 3.47. The van der Waals surface area contributed by atoms with Crippen LogP contribution in [0.3, 0.4) is 0 Å². The summed E-state index contributed by atoms with van der Waals surface area (Å²) in [7, 11) is 0. The Labute approximate surface area is 305 Å². The lowest BCUT2D eigenvalue weighted by molar-refractivity contribution is -0.122. The summed E-state index contributed by atoms with van der Waals surface area (Å²) in [6, 6.07) is 19.4. The minimum Gasteiger partial charge on any atom is -0.378 e. The Balaban J connectivity index is 0.906. The number of fused-ring (bicyclic) bond motifs is 1. The highest BCUT2D eigenvalue weighted by molar-refractivity contribution is 5.95. The lowest BCUT2D eigenvalue weighted by Crippen LogP contribution is -2.44. The molecule has 2 atom stereocenters. The number of benzene rings is 2. The zero-order chi connectivity index (χ0) is 36.8. The zero-order valence-corrected chi connectivity index (χ0v) is 30.6. The lowest BCUT2D eigenvalue weighted by atomic mass is 9.85. The van der Waals surface area contributed by atoms with Gasteiger partial charge in [-0.1, -0.05) is 30.3 Å². The number of hydrogen-bond acceptors (Lipinski definition) is 7. The maximum Gasteiger partial charge on any atom is 0.250 e. The van der Waals surface area contributed by atoms with E-state index in [1.165, 1.54) is 0 Å². The first-order chi connectivity index (χ1) is 25.1. The van der Waals surface area contributed by atoms with Crippen molar-refractivity contribution in [3.8, 4) is 11.1 Å². The van der Waals surface area contributed by atoms with E-state index in [9.17, 15) is 19.2 Å². The van der Waals surface area contributed by atoms with Gasteiger partial charge in [-0.2, -0.15) is 0 Å². The first-order valence-electron chi connectivity index (χ1n) is 18.6. The minimum atomic E-state index is -0.126. The number of anilines is 3. The number of pyridine rings is 1. The zero-order valence-electron chi connectivity index (χ0n) is 30.6. The number of nitrogens with one attached hydrogen (secondary N) is 3. The van der Waals surface area contributed by atoms with Crippen LogP contribution in [0.4, 0.5) is 17.1 Å². The van der Waals surface area contributed by atoms with E-state index in [0.717, 1.165) is 71.6 Å². The van der Waals surface area contributed by atoms with E-state index in [1.807, 2.05) is 80.4 Å². The number of amides is 3. The van der Waals surface area contributed by atoms with Crippen molar-refractivity contribution in [1.82, 2.24) is 15.0 Å². The van der Waals surface area contributed by atoms with Crippen LogP contribution in [0.5, 0.6) is 0 Å². The molecule has 0 radical (unpaired) electrons. The van der Waals surface area contributed by atoms with E-state index in [2.05, 4.69) is 34.1 Å². The molecule has 2 aliphatic rings. The second kappa shape index (κ2) is 16.4. The van der Waals surface area contributed by atoms with Gasteiger partial charge in [0.15, 0.2) is 0 Å². The van der Waals surface area contributed by atoms with Crippen LogP contribution in [0.2, 0.25) is 0 Å². The molecule has 0 spiro atoms. The molecule has 6 rings (SSSR count). The SMILES string of the molecule is CCC(=O)N1c2ccccc2[C@H](Nc2ccc(NC(=O)CCCC(=O)NC3CCC(Cn4cc(-c5c(C)noc5C)ccc4=O)CC3)cc2)C[C@@H]1C. The van der Waals surface area contributed by atoms with Crippen molar-refractivity contribution in [3.63, 3.8) is 0 Å².